The Morgan fingerprint density at radius 3 is 3.11 bits per heavy atom. The summed E-state index contributed by atoms with van der Waals surface area (Å²) in [6.07, 6.45) is 0. The summed E-state index contributed by atoms with van der Waals surface area (Å²) in [7, 11) is 0. The van der Waals surface area contributed by atoms with Crippen molar-refractivity contribution in [2.45, 2.75) is 12.6 Å². The molecule has 0 radical (unpaired) electrons. The molecule has 0 saturated carbocycles. The number of rotatable bonds is 4. The Morgan fingerprint density at radius 2 is 2.39 bits per heavy atom. The van der Waals surface area contributed by atoms with E-state index >= 15 is 0 Å². The zero-order valence-corrected chi connectivity index (χ0v) is 10.3. The molecule has 1 aromatic rings. The van der Waals surface area contributed by atoms with Crippen LogP contribution in [0.15, 0.2) is 24.3 Å². The number of nitrogens with one attached hydrogen (secondary N) is 1. The minimum Gasteiger partial charge on any atom is -0.395 e. The molecule has 1 fully saturated rings. The molecular weight excluding hydrogens is 230 g/mol. The predicted octanol–water partition coefficient (Wildman–Crippen LogP) is -0.448. The first-order chi connectivity index (χ1) is 8.70. The number of nitrogens with two attached hydrogens (primary N) is 1. The molecule has 1 unspecified atom stereocenters. The highest BCUT2D eigenvalue weighted by Gasteiger charge is 2.21. The van der Waals surface area contributed by atoms with Crippen molar-refractivity contribution in [1.82, 2.24) is 10.2 Å². The summed E-state index contributed by atoms with van der Waals surface area (Å²) in [5.74, 6) is -0.407. The average Bonchev–Trinajstić information content (AvgIpc) is 2.39. The van der Waals surface area contributed by atoms with Gasteiger partial charge < -0.3 is 16.2 Å². The average molecular weight is 249 g/mol. The van der Waals surface area contributed by atoms with Crippen molar-refractivity contribution >= 4 is 5.91 Å². The second kappa shape index (κ2) is 5.95. The van der Waals surface area contributed by atoms with Gasteiger partial charge in [-0.15, -0.1) is 0 Å². The van der Waals surface area contributed by atoms with Crippen LogP contribution in [0.5, 0.6) is 0 Å². The van der Waals surface area contributed by atoms with Crippen molar-refractivity contribution in [2.24, 2.45) is 5.73 Å². The summed E-state index contributed by atoms with van der Waals surface area (Å²) in [5.41, 5.74) is 6.85. The molecule has 1 aromatic carbocycles. The molecule has 1 aliphatic heterocycles. The molecule has 5 heteroatoms. The summed E-state index contributed by atoms with van der Waals surface area (Å²) in [6.45, 7) is 3.49. The fourth-order valence-corrected chi connectivity index (χ4v) is 2.25. The van der Waals surface area contributed by atoms with Crippen molar-refractivity contribution in [3.05, 3.63) is 35.4 Å². The first-order valence-corrected chi connectivity index (χ1v) is 6.15. The Bertz CT molecular complexity index is 422. The highest BCUT2D eigenvalue weighted by molar-refractivity contribution is 5.92. The van der Waals surface area contributed by atoms with E-state index in [0.29, 0.717) is 5.56 Å². The molecule has 0 spiro atoms. The number of carbonyl (C=O) groups excluding carboxylic acids is 1. The van der Waals surface area contributed by atoms with Crippen LogP contribution >= 0.6 is 0 Å². The molecule has 1 amide bonds. The summed E-state index contributed by atoms with van der Waals surface area (Å²) in [5, 5.41) is 12.6. The van der Waals surface area contributed by atoms with Crippen molar-refractivity contribution in [1.29, 1.82) is 0 Å². The van der Waals surface area contributed by atoms with E-state index in [-0.39, 0.29) is 12.6 Å². The van der Waals surface area contributed by atoms with E-state index in [1.54, 1.807) is 6.07 Å². The zero-order valence-electron chi connectivity index (χ0n) is 10.3. The number of hydrogen-bond acceptors (Lipinski definition) is 4. The highest BCUT2D eigenvalue weighted by Crippen LogP contribution is 2.12. The van der Waals surface area contributed by atoms with Gasteiger partial charge in [0.2, 0.25) is 5.91 Å². The van der Waals surface area contributed by atoms with Crippen LogP contribution < -0.4 is 11.1 Å². The SMILES string of the molecule is NC(=O)c1cccc(CN2CCNCC2CO)c1. The summed E-state index contributed by atoms with van der Waals surface area (Å²) in [6, 6.07) is 7.48. The molecular formula is C13H19N3O2. The van der Waals surface area contributed by atoms with Gasteiger partial charge in [-0.25, -0.2) is 0 Å². The minimum atomic E-state index is -0.407. The Balaban J connectivity index is 2.07. The van der Waals surface area contributed by atoms with Crippen LogP contribution in [-0.2, 0) is 6.54 Å². The van der Waals surface area contributed by atoms with Gasteiger partial charge >= 0.3 is 0 Å². The minimum absolute atomic E-state index is 0.135. The second-order valence-corrected chi connectivity index (χ2v) is 4.58. The molecule has 1 saturated heterocycles. The van der Waals surface area contributed by atoms with E-state index in [1.165, 1.54) is 0 Å². The van der Waals surface area contributed by atoms with E-state index in [0.717, 1.165) is 31.7 Å². The van der Waals surface area contributed by atoms with E-state index in [2.05, 4.69) is 10.2 Å². The van der Waals surface area contributed by atoms with Crippen molar-refractivity contribution in [3.8, 4) is 0 Å². The summed E-state index contributed by atoms with van der Waals surface area (Å²) < 4.78 is 0. The van der Waals surface area contributed by atoms with Crippen LogP contribution in [0.4, 0.5) is 0 Å². The third kappa shape index (κ3) is 3.07. The Kier molecular flexibility index (Phi) is 4.30. The van der Waals surface area contributed by atoms with Gasteiger partial charge in [-0.05, 0) is 17.7 Å². The smallest absolute Gasteiger partial charge is 0.248 e. The Morgan fingerprint density at radius 1 is 1.56 bits per heavy atom. The van der Waals surface area contributed by atoms with Crippen LogP contribution in [0.2, 0.25) is 0 Å². The number of primary amides is 1. The number of hydrogen-bond donors (Lipinski definition) is 3. The van der Waals surface area contributed by atoms with E-state index in [4.69, 9.17) is 5.73 Å². The number of piperazine rings is 1. The number of nitrogens with zero attached hydrogens (tertiary/aromatic N) is 1. The molecule has 4 N–H and O–H groups in total. The molecule has 98 valence electrons. The number of benzene rings is 1. The molecule has 1 heterocycles. The number of amides is 1. The van der Waals surface area contributed by atoms with Crippen LogP contribution in [0.3, 0.4) is 0 Å². The third-order valence-corrected chi connectivity index (χ3v) is 3.28. The fraction of sp³-hybridized carbons (Fsp3) is 0.462. The van der Waals surface area contributed by atoms with Gasteiger partial charge in [-0.1, -0.05) is 12.1 Å². The van der Waals surface area contributed by atoms with Crippen molar-refractivity contribution in [2.75, 3.05) is 26.2 Å². The van der Waals surface area contributed by atoms with Crippen molar-refractivity contribution < 1.29 is 9.90 Å². The molecule has 5 nitrogen and oxygen atoms in total. The molecule has 0 aliphatic carbocycles. The predicted molar refractivity (Wildman–Crippen MR) is 69.1 cm³/mol. The van der Waals surface area contributed by atoms with Gasteiger partial charge in [0.15, 0.2) is 0 Å². The normalized spacial score (nSPS) is 20.8. The molecule has 0 aromatic heterocycles. The van der Waals surface area contributed by atoms with E-state index in [1.807, 2.05) is 18.2 Å². The van der Waals surface area contributed by atoms with Gasteiger partial charge in [0, 0.05) is 37.8 Å². The standard InChI is InChI=1S/C13H19N3O2/c14-13(18)11-3-1-2-10(6-11)8-16-5-4-15-7-12(16)9-17/h1-3,6,12,15,17H,4-5,7-9H2,(H2,14,18). The van der Waals surface area contributed by atoms with Gasteiger partial charge in [-0.3, -0.25) is 9.69 Å². The maximum Gasteiger partial charge on any atom is 0.248 e. The van der Waals surface area contributed by atoms with Gasteiger partial charge in [-0.2, -0.15) is 0 Å². The van der Waals surface area contributed by atoms with E-state index < -0.39 is 5.91 Å². The lowest BCUT2D eigenvalue weighted by Gasteiger charge is -2.35. The largest absolute Gasteiger partial charge is 0.395 e. The van der Waals surface area contributed by atoms with Gasteiger partial charge in [0.25, 0.3) is 0 Å². The number of aliphatic hydroxyl groups is 1. The quantitative estimate of drug-likeness (QED) is 0.675. The van der Waals surface area contributed by atoms with Gasteiger partial charge in [0.05, 0.1) is 6.61 Å². The molecule has 0 bridgehead atoms. The maximum atomic E-state index is 11.1. The van der Waals surface area contributed by atoms with Crippen LogP contribution in [-0.4, -0.2) is 48.2 Å². The second-order valence-electron chi connectivity index (χ2n) is 4.58. The maximum absolute atomic E-state index is 11.1. The Labute approximate surface area is 107 Å². The number of carbonyl (C=O) groups is 1. The van der Waals surface area contributed by atoms with E-state index in [9.17, 15) is 9.90 Å². The highest BCUT2D eigenvalue weighted by atomic mass is 16.3. The summed E-state index contributed by atoms with van der Waals surface area (Å²) >= 11 is 0. The molecule has 1 atom stereocenters. The van der Waals surface area contributed by atoms with Crippen LogP contribution in [0.25, 0.3) is 0 Å². The lowest BCUT2D eigenvalue weighted by Crippen LogP contribution is -2.52. The van der Waals surface area contributed by atoms with Crippen LogP contribution in [0, 0.1) is 0 Å². The van der Waals surface area contributed by atoms with Crippen molar-refractivity contribution in [3.63, 3.8) is 0 Å². The summed E-state index contributed by atoms with van der Waals surface area (Å²) in [4.78, 5) is 13.3. The first kappa shape index (κ1) is 13.0. The lowest BCUT2D eigenvalue weighted by atomic mass is 10.1. The monoisotopic (exact) mass is 249 g/mol. The molecule has 2 rings (SSSR count). The topological polar surface area (TPSA) is 78.6 Å². The lowest BCUT2D eigenvalue weighted by molar-refractivity contribution is 0.0943. The molecule has 1 aliphatic rings. The first-order valence-electron chi connectivity index (χ1n) is 6.15. The van der Waals surface area contributed by atoms with Crippen LogP contribution in [0.1, 0.15) is 15.9 Å². The van der Waals surface area contributed by atoms with Gasteiger partial charge in [0.1, 0.15) is 0 Å². The fourth-order valence-electron chi connectivity index (χ4n) is 2.25. The third-order valence-electron chi connectivity index (χ3n) is 3.28. The molecule has 18 heavy (non-hydrogen) atoms. The number of aliphatic hydroxyl groups excluding tert-OH is 1. The zero-order chi connectivity index (χ0) is 13.0. The Hall–Kier alpha value is -1.43.